The van der Waals surface area contributed by atoms with Gasteiger partial charge >= 0.3 is 5.97 Å². The number of amides is 2. The van der Waals surface area contributed by atoms with Crippen LogP contribution in [0.15, 0.2) is 18.2 Å². The van der Waals surface area contributed by atoms with E-state index in [1.54, 1.807) is 28.9 Å². The van der Waals surface area contributed by atoms with E-state index in [0.29, 0.717) is 37.7 Å². The smallest absolute Gasteiger partial charge is 0.339 e. The van der Waals surface area contributed by atoms with E-state index in [0.717, 1.165) is 0 Å². The summed E-state index contributed by atoms with van der Waals surface area (Å²) in [6.07, 6.45) is -0.917. The van der Waals surface area contributed by atoms with Crippen LogP contribution in [0, 0.1) is 0 Å². The summed E-state index contributed by atoms with van der Waals surface area (Å²) in [7, 11) is 2.97. The third kappa shape index (κ3) is 4.44. The second kappa shape index (κ2) is 8.55. The van der Waals surface area contributed by atoms with Gasteiger partial charge in [0.05, 0.1) is 19.8 Å². The van der Waals surface area contributed by atoms with Crippen molar-refractivity contribution in [3.8, 4) is 11.5 Å². The summed E-state index contributed by atoms with van der Waals surface area (Å²) in [4.78, 5) is 39.4. The molecule has 1 aliphatic heterocycles. The number of ether oxygens (including phenoxy) is 3. The van der Waals surface area contributed by atoms with Gasteiger partial charge in [0.25, 0.3) is 5.91 Å². The molecule has 142 valence electrons. The van der Waals surface area contributed by atoms with Crippen molar-refractivity contribution in [1.29, 1.82) is 0 Å². The Morgan fingerprint density at radius 1 is 0.962 bits per heavy atom. The fourth-order valence-electron chi connectivity index (χ4n) is 2.74. The summed E-state index contributed by atoms with van der Waals surface area (Å²) < 4.78 is 15.6. The Morgan fingerprint density at radius 2 is 1.54 bits per heavy atom. The van der Waals surface area contributed by atoms with Crippen LogP contribution >= 0.6 is 0 Å². The Hall–Kier alpha value is -2.77. The average molecular weight is 364 g/mol. The Bertz CT molecular complexity index is 682. The molecule has 8 nitrogen and oxygen atoms in total. The largest absolute Gasteiger partial charge is 0.493 e. The lowest BCUT2D eigenvalue weighted by atomic mass is 10.2. The minimum Gasteiger partial charge on any atom is -0.493 e. The van der Waals surface area contributed by atoms with Gasteiger partial charge in [-0.05, 0) is 25.1 Å². The molecule has 0 saturated carbocycles. The number of hydrogen-bond donors (Lipinski definition) is 0. The first-order valence-electron chi connectivity index (χ1n) is 8.34. The molecule has 0 bridgehead atoms. The molecule has 2 amide bonds. The average Bonchev–Trinajstić information content (AvgIpc) is 2.66. The van der Waals surface area contributed by atoms with Crippen LogP contribution in [0.5, 0.6) is 11.5 Å². The lowest BCUT2D eigenvalue weighted by Crippen LogP contribution is -2.52. The van der Waals surface area contributed by atoms with E-state index < -0.39 is 12.1 Å². The molecule has 1 atom stereocenters. The summed E-state index contributed by atoms with van der Waals surface area (Å²) in [6.45, 7) is 4.87. The normalized spacial score (nSPS) is 15.2. The molecule has 0 N–H and O–H groups in total. The molecule has 1 fully saturated rings. The zero-order chi connectivity index (χ0) is 19.3. The molecular weight excluding hydrogens is 340 g/mol. The molecule has 0 radical (unpaired) electrons. The van der Waals surface area contributed by atoms with Crippen LogP contribution in [-0.4, -0.2) is 74.1 Å². The SMILES string of the molecule is COc1ccc(C(=O)OC(C)C(=O)N2CCN(C(C)=O)CC2)cc1OC. The van der Waals surface area contributed by atoms with Crippen molar-refractivity contribution in [2.75, 3.05) is 40.4 Å². The van der Waals surface area contributed by atoms with Gasteiger partial charge in [-0.15, -0.1) is 0 Å². The van der Waals surface area contributed by atoms with Crippen molar-refractivity contribution in [3.05, 3.63) is 23.8 Å². The van der Waals surface area contributed by atoms with Crippen LogP contribution in [0.25, 0.3) is 0 Å². The number of nitrogens with zero attached hydrogens (tertiary/aromatic N) is 2. The van der Waals surface area contributed by atoms with E-state index in [1.807, 2.05) is 0 Å². The zero-order valence-electron chi connectivity index (χ0n) is 15.5. The predicted octanol–water partition coefficient (Wildman–Crippen LogP) is 0.940. The van der Waals surface area contributed by atoms with Gasteiger partial charge in [0.1, 0.15) is 0 Å². The molecular formula is C18H24N2O6. The van der Waals surface area contributed by atoms with Crippen molar-refractivity contribution < 1.29 is 28.6 Å². The maximum absolute atomic E-state index is 12.5. The van der Waals surface area contributed by atoms with Gasteiger partial charge in [0.15, 0.2) is 17.6 Å². The van der Waals surface area contributed by atoms with Crippen molar-refractivity contribution >= 4 is 17.8 Å². The summed E-state index contributed by atoms with van der Waals surface area (Å²) >= 11 is 0. The maximum Gasteiger partial charge on any atom is 0.339 e. The highest BCUT2D eigenvalue weighted by Gasteiger charge is 2.28. The van der Waals surface area contributed by atoms with Crippen molar-refractivity contribution in [2.45, 2.75) is 20.0 Å². The molecule has 1 unspecified atom stereocenters. The second-order valence-corrected chi connectivity index (χ2v) is 5.95. The molecule has 0 aliphatic carbocycles. The van der Waals surface area contributed by atoms with Crippen molar-refractivity contribution in [1.82, 2.24) is 9.80 Å². The van der Waals surface area contributed by atoms with Gasteiger partial charge in [-0.1, -0.05) is 0 Å². The summed E-state index contributed by atoms with van der Waals surface area (Å²) in [5, 5.41) is 0. The van der Waals surface area contributed by atoms with Crippen LogP contribution in [0.4, 0.5) is 0 Å². The topological polar surface area (TPSA) is 85.4 Å². The third-order valence-corrected chi connectivity index (χ3v) is 4.29. The highest BCUT2D eigenvalue weighted by atomic mass is 16.5. The van der Waals surface area contributed by atoms with Gasteiger partial charge in [-0.2, -0.15) is 0 Å². The van der Waals surface area contributed by atoms with Gasteiger partial charge in [0.2, 0.25) is 5.91 Å². The first-order chi connectivity index (χ1) is 12.4. The number of benzene rings is 1. The Kier molecular flexibility index (Phi) is 6.43. The number of methoxy groups -OCH3 is 2. The van der Waals surface area contributed by atoms with E-state index in [-0.39, 0.29) is 17.4 Å². The van der Waals surface area contributed by atoms with Crippen molar-refractivity contribution in [3.63, 3.8) is 0 Å². The highest BCUT2D eigenvalue weighted by Crippen LogP contribution is 2.28. The van der Waals surface area contributed by atoms with Crippen molar-refractivity contribution in [2.24, 2.45) is 0 Å². The minimum atomic E-state index is -0.917. The van der Waals surface area contributed by atoms with E-state index in [2.05, 4.69) is 0 Å². The Labute approximate surface area is 152 Å². The number of hydrogen-bond acceptors (Lipinski definition) is 6. The molecule has 1 heterocycles. The van der Waals surface area contributed by atoms with Gasteiger partial charge in [-0.25, -0.2) is 4.79 Å². The van der Waals surface area contributed by atoms with Crippen LogP contribution in [0.1, 0.15) is 24.2 Å². The van der Waals surface area contributed by atoms with E-state index in [4.69, 9.17) is 14.2 Å². The Balaban J connectivity index is 1.96. The zero-order valence-corrected chi connectivity index (χ0v) is 15.5. The fraction of sp³-hybridized carbons (Fsp3) is 0.500. The van der Waals surface area contributed by atoms with Gasteiger partial charge < -0.3 is 24.0 Å². The predicted molar refractivity (Wildman–Crippen MR) is 93.3 cm³/mol. The molecule has 0 spiro atoms. The molecule has 1 aromatic rings. The number of carbonyl (C=O) groups is 3. The number of carbonyl (C=O) groups excluding carboxylic acids is 3. The first kappa shape index (κ1) is 19.6. The van der Waals surface area contributed by atoms with Crippen LogP contribution in [0.2, 0.25) is 0 Å². The quantitative estimate of drug-likeness (QED) is 0.723. The molecule has 8 heteroatoms. The number of piperazine rings is 1. The lowest BCUT2D eigenvalue weighted by molar-refractivity contribution is -0.144. The molecule has 1 aliphatic rings. The summed E-state index contributed by atoms with van der Waals surface area (Å²) in [6, 6.07) is 4.65. The lowest BCUT2D eigenvalue weighted by Gasteiger charge is -2.35. The summed E-state index contributed by atoms with van der Waals surface area (Å²) in [5.41, 5.74) is 0.267. The van der Waals surface area contributed by atoms with Crippen LogP contribution < -0.4 is 9.47 Å². The van der Waals surface area contributed by atoms with Crippen LogP contribution in [-0.2, 0) is 14.3 Å². The number of esters is 1. The fourth-order valence-corrected chi connectivity index (χ4v) is 2.74. The van der Waals surface area contributed by atoms with E-state index in [1.165, 1.54) is 27.2 Å². The molecule has 1 saturated heterocycles. The second-order valence-electron chi connectivity index (χ2n) is 5.95. The van der Waals surface area contributed by atoms with Gasteiger partial charge in [0, 0.05) is 33.1 Å². The molecule has 1 aromatic carbocycles. The molecule has 26 heavy (non-hydrogen) atoms. The summed E-state index contributed by atoms with van der Waals surface area (Å²) in [5.74, 6) is -0.000895. The number of rotatable bonds is 5. The first-order valence-corrected chi connectivity index (χ1v) is 8.34. The van der Waals surface area contributed by atoms with Crippen LogP contribution in [0.3, 0.4) is 0 Å². The van der Waals surface area contributed by atoms with E-state index >= 15 is 0 Å². The molecule has 0 aromatic heterocycles. The molecule has 2 rings (SSSR count). The van der Waals surface area contributed by atoms with E-state index in [9.17, 15) is 14.4 Å². The highest BCUT2D eigenvalue weighted by molar-refractivity contribution is 5.93. The third-order valence-electron chi connectivity index (χ3n) is 4.29. The minimum absolute atomic E-state index is 0.00923. The monoisotopic (exact) mass is 364 g/mol. The van der Waals surface area contributed by atoms with Gasteiger partial charge in [-0.3, -0.25) is 9.59 Å². The standard InChI is InChI=1S/C18H24N2O6/c1-12(17(22)20-9-7-19(8-10-20)13(2)21)26-18(23)14-5-6-15(24-3)16(11-14)25-4/h5-6,11-12H,7-10H2,1-4H3. The Morgan fingerprint density at radius 3 is 2.08 bits per heavy atom. The maximum atomic E-state index is 12.5.